The van der Waals surface area contributed by atoms with Gasteiger partial charge >= 0.3 is 0 Å². The molecule has 0 radical (unpaired) electrons. The molecule has 6 heteroatoms. The van der Waals surface area contributed by atoms with Gasteiger partial charge in [0.2, 0.25) is 5.91 Å². The largest absolute Gasteiger partial charge is 0.383 e. The lowest BCUT2D eigenvalue weighted by molar-refractivity contribution is -0.115. The number of nitrogens with zero attached hydrogens (tertiary/aromatic N) is 1. The van der Waals surface area contributed by atoms with Gasteiger partial charge in [0, 0.05) is 36.3 Å². The highest BCUT2D eigenvalue weighted by molar-refractivity contribution is 6.12. The maximum absolute atomic E-state index is 14.0. The Labute approximate surface area is 152 Å². The van der Waals surface area contributed by atoms with E-state index in [2.05, 4.69) is 22.5 Å². The van der Waals surface area contributed by atoms with Crippen LogP contribution in [-0.2, 0) is 9.53 Å². The number of hydrogen-bond donors (Lipinski definition) is 2. The van der Waals surface area contributed by atoms with Crippen LogP contribution in [0.4, 0.5) is 21.5 Å². The zero-order chi connectivity index (χ0) is 18.5. The van der Waals surface area contributed by atoms with Gasteiger partial charge in [-0.2, -0.15) is 0 Å². The number of hydrogen-bond acceptors (Lipinski definition) is 4. The summed E-state index contributed by atoms with van der Waals surface area (Å²) < 4.78 is 19.2. The minimum Gasteiger partial charge on any atom is -0.383 e. The van der Waals surface area contributed by atoms with Crippen molar-refractivity contribution in [3.63, 3.8) is 0 Å². The first kappa shape index (κ1) is 18.1. The molecule has 0 fully saturated rings. The maximum atomic E-state index is 14.0. The molecule has 2 unspecified atom stereocenters. The third-order valence-corrected chi connectivity index (χ3v) is 4.38. The number of fused-ring (bicyclic) bond motifs is 1. The molecule has 2 atom stereocenters. The Balaban J connectivity index is 1.71. The lowest BCUT2D eigenvalue weighted by Crippen LogP contribution is -2.23. The van der Waals surface area contributed by atoms with Gasteiger partial charge in [-0.05, 0) is 42.8 Å². The molecule has 0 saturated carbocycles. The van der Waals surface area contributed by atoms with Gasteiger partial charge in [-0.1, -0.05) is 13.0 Å². The fourth-order valence-corrected chi connectivity index (χ4v) is 2.95. The molecule has 1 amide bonds. The molecule has 1 aliphatic heterocycles. The van der Waals surface area contributed by atoms with Crippen molar-refractivity contribution in [3.05, 3.63) is 53.8 Å². The zero-order valence-corrected chi connectivity index (χ0v) is 14.8. The van der Waals surface area contributed by atoms with Crippen molar-refractivity contribution in [2.75, 3.05) is 24.4 Å². The maximum Gasteiger partial charge on any atom is 0.237 e. The molecule has 1 aliphatic rings. The molecule has 2 N–H and O–H groups in total. The third kappa shape index (κ3) is 3.91. The van der Waals surface area contributed by atoms with E-state index in [1.165, 1.54) is 12.3 Å². The monoisotopic (exact) mass is 355 g/mol. The van der Waals surface area contributed by atoms with Crippen LogP contribution in [0.1, 0.15) is 24.8 Å². The number of ether oxygens (including phenoxy) is 1. The predicted molar refractivity (Wildman–Crippen MR) is 102 cm³/mol. The number of anilines is 2. The van der Waals surface area contributed by atoms with E-state index in [1.807, 2.05) is 24.3 Å². The molecule has 2 aromatic rings. The van der Waals surface area contributed by atoms with E-state index in [4.69, 9.17) is 4.74 Å². The van der Waals surface area contributed by atoms with Gasteiger partial charge in [-0.25, -0.2) is 4.39 Å². The van der Waals surface area contributed by atoms with Gasteiger partial charge in [-0.3, -0.25) is 9.79 Å². The Morgan fingerprint density at radius 3 is 2.77 bits per heavy atom. The second kappa shape index (κ2) is 8.10. The minimum atomic E-state index is -0.713. The summed E-state index contributed by atoms with van der Waals surface area (Å²) in [5.41, 5.74) is 2.54. The summed E-state index contributed by atoms with van der Waals surface area (Å²) >= 11 is 0. The Bertz CT molecular complexity index is 805. The first-order valence-electron chi connectivity index (χ1n) is 8.61. The highest BCUT2D eigenvalue weighted by atomic mass is 19.1. The second-order valence-corrected chi connectivity index (χ2v) is 6.20. The topological polar surface area (TPSA) is 62.7 Å². The number of methoxy groups -OCH3 is 1. The van der Waals surface area contributed by atoms with Gasteiger partial charge in [0.15, 0.2) is 0 Å². The van der Waals surface area contributed by atoms with E-state index in [-0.39, 0.29) is 11.9 Å². The van der Waals surface area contributed by atoms with Gasteiger partial charge in [-0.15, -0.1) is 0 Å². The van der Waals surface area contributed by atoms with Crippen molar-refractivity contribution in [1.29, 1.82) is 0 Å². The van der Waals surface area contributed by atoms with Crippen LogP contribution in [0.15, 0.2) is 47.5 Å². The average molecular weight is 355 g/mol. The standard InChI is InChI=1S/C20H22FN3O2/c1-3-13(12-26-2)23-15-9-7-14(8-10-15)22-11-16-19-17(21)5-4-6-18(19)24-20(16)25/h4-11,13,16,23H,3,12H2,1-2H3,(H,24,25). The predicted octanol–water partition coefficient (Wildman–Crippen LogP) is 4.10. The molecule has 2 aromatic carbocycles. The van der Waals surface area contributed by atoms with Crippen LogP contribution in [0.25, 0.3) is 0 Å². The molecule has 0 spiro atoms. The van der Waals surface area contributed by atoms with E-state index < -0.39 is 11.7 Å². The van der Waals surface area contributed by atoms with E-state index >= 15 is 0 Å². The second-order valence-electron chi connectivity index (χ2n) is 6.20. The van der Waals surface area contributed by atoms with Crippen molar-refractivity contribution in [3.8, 4) is 0 Å². The summed E-state index contributed by atoms with van der Waals surface area (Å²) in [4.78, 5) is 16.4. The molecule has 1 heterocycles. The molecule has 3 rings (SSSR count). The first-order chi connectivity index (χ1) is 12.6. The van der Waals surface area contributed by atoms with Crippen LogP contribution in [0.5, 0.6) is 0 Å². The molecule has 0 saturated heterocycles. The Hall–Kier alpha value is -2.73. The van der Waals surface area contributed by atoms with E-state index in [0.717, 1.165) is 12.1 Å². The number of benzene rings is 2. The van der Waals surface area contributed by atoms with Gasteiger partial charge in [0.05, 0.1) is 12.3 Å². The molecule has 5 nitrogen and oxygen atoms in total. The number of carbonyl (C=O) groups is 1. The number of rotatable bonds is 7. The lowest BCUT2D eigenvalue weighted by Gasteiger charge is -2.17. The fourth-order valence-electron chi connectivity index (χ4n) is 2.95. The van der Waals surface area contributed by atoms with E-state index in [1.54, 1.807) is 19.2 Å². The average Bonchev–Trinajstić information content (AvgIpc) is 2.97. The lowest BCUT2D eigenvalue weighted by atomic mass is 10.0. The number of carbonyl (C=O) groups excluding carboxylic acids is 1. The molecule has 0 aliphatic carbocycles. The number of amides is 1. The van der Waals surface area contributed by atoms with Crippen LogP contribution >= 0.6 is 0 Å². The SMILES string of the molecule is CCC(COC)Nc1ccc(N=CC2C(=O)Nc3cccc(F)c32)cc1. The van der Waals surface area contributed by atoms with Crippen molar-refractivity contribution in [2.24, 2.45) is 4.99 Å². The van der Waals surface area contributed by atoms with Crippen molar-refractivity contribution in [2.45, 2.75) is 25.3 Å². The van der Waals surface area contributed by atoms with Crippen molar-refractivity contribution < 1.29 is 13.9 Å². The summed E-state index contributed by atoms with van der Waals surface area (Å²) in [5, 5.41) is 6.07. The van der Waals surface area contributed by atoms with Gasteiger partial charge < -0.3 is 15.4 Å². The quantitative estimate of drug-likeness (QED) is 0.735. The number of halogens is 1. The number of aliphatic imine (C=N–C) groups is 1. The Kier molecular flexibility index (Phi) is 5.63. The van der Waals surface area contributed by atoms with Crippen molar-refractivity contribution in [1.82, 2.24) is 0 Å². The highest BCUT2D eigenvalue weighted by Gasteiger charge is 2.31. The van der Waals surface area contributed by atoms with Gasteiger partial charge in [0.25, 0.3) is 0 Å². The summed E-state index contributed by atoms with van der Waals surface area (Å²) in [5.74, 6) is -1.38. The molecule has 0 bridgehead atoms. The summed E-state index contributed by atoms with van der Waals surface area (Å²) in [7, 11) is 1.68. The summed E-state index contributed by atoms with van der Waals surface area (Å²) in [6.45, 7) is 2.73. The zero-order valence-electron chi connectivity index (χ0n) is 14.8. The van der Waals surface area contributed by atoms with Gasteiger partial charge in [0.1, 0.15) is 11.7 Å². The summed E-state index contributed by atoms with van der Waals surface area (Å²) in [6, 6.07) is 12.4. The molecule has 136 valence electrons. The normalized spacial score (nSPS) is 17.2. The fraction of sp³-hybridized carbons (Fsp3) is 0.300. The van der Waals surface area contributed by atoms with Crippen LogP contribution in [0.3, 0.4) is 0 Å². The smallest absolute Gasteiger partial charge is 0.237 e. The Morgan fingerprint density at radius 2 is 2.08 bits per heavy atom. The van der Waals surface area contributed by atoms with E-state index in [9.17, 15) is 9.18 Å². The van der Waals surface area contributed by atoms with Crippen molar-refractivity contribution >= 4 is 29.2 Å². The molecular weight excluding hydrogens is 333 g/mol. The van der Waals surface area contributed by atoms with Crippen LogP contribution in [-0.4, -0.2) is 31.9 Å². The van der Waals surface area contributed by atoms with Crippen LogP contribution in [0.2, 0.25) is 0 Å². The van der Waals surface area contributed by atoms with Crippen LogP contribution < -0.4 is 10.6 Å². The Morgan fingerprint density at radius 1 is 1.31 bits per heavy atom. The first-order valence-corrected chi connectivity index (χ1v) is 8.61. The number of nitrogens with one attached hydrogen (secondary N) is 2. The summed E-state index contributed by atoms with van der Waals surface area (Å²) in [6.07, 6.45) is 2.45. The van der Waals surface area contributed by atoms with E-state index in [0.29, 0.717) is 23.5 Å². The molecular formula is C20H22FN3O2. The highest BCUT2D eigenvalue weighted by Crippen LogP contribution is 2.33. The molecule has 26 heavy (non-hydrogen) atoms. The van der Waals surface area contributed by atoms with Crippen LogP contribution in [0, 0.1) is 5.82 Å². The minimum absolute atomic E-state index is 0.246. The third-order valence-electron chi connectivity index (χ3n) is 4.38. The molecule has 0 aromatic heterocycles.